The number of esters is 1. The smallest absolute Gasteiger partial charge is 0.462 e. The molecule has 4 unspecified atom stereocenters. The van der Waals surface area contributed by atoms with Crippen molar-refractivity contribution in [2.75, 3.05) is 0 Å². The normalized spacial score (nSPS) is 25.2. The largest absolute Gasteiger partial charge is 0.498 e. The van der Waals surface area contributed by atoms with Crippen LogP contribution < -0.4 is 0 Å². The second-order valence-electron chi connectivity index (χ2n) is 7.75. The van der Waals surface area contributed by atoms with E-state index in [4.69, 9.17) is 4.74 Å². The molecule has 0 aromatic heterocycles. The maximum atomic E-state index is 12.9. The van der Waals surface area contributed by atoms with Gasteiger partial charge in [0.15, 0.2) is 4.58 Å². The molecular weight excluding hydrogens is 478 g/mol. The van der Waals surface area contributed by atoms with Crippen molar-refractivity contribution >= 4 is 25.6 Å². The first kappa shape index (κ1) is 25.9. The summed E-state index contributed by atoms with van der Waals surface area (Å²) in [6.07, 6.45) is 2.36. The number of rotatable bonds is 9. The summed E-state index contributed by atoms with van der Waals surface area (Å²) in [5.41, 5.74) is -12.5. The van der Waals surface area contributed by atoms with E-state index in [1.54, 1.807) is 0 Å². The van der Waals surface area contributed by atoms with Crippen LogP contribution in [0, 0.1) is 17.8 Å². The van der Waals surface area contributed by atoms with Crippen molar-refractivity contribution in [3.05, 3.63) is 12.2 Å². The van der Waals surface area contributed by atoms with E-state index in [1.165, 1.54) is 6.92 Å². The highest BCUT2D eigenvalue weighted by Gasteiger charge is 2.63. The maximum absolute atomic E-state index is 12.9. The molecular formula is C17H22F6O6S2. The van der Waals surface area contributed by atoms with Crippen LogP contribution in [0.25, 0.3) is 0 Å². The van der Waals surface area contributed by atoms with Crippen molar-refractivity contribution in [3.63, 3.8) is 0 Å². The van der Waals surface area contributed by atoms with Crippen LogP contribution in [0.3, 0.4) is 0 Å². The molecule has 31 heavy (non-hydrogen) atoms. The fourth-order valence-electron chi connectivity index (χ4n) is 4.01. The van der Waals surface area contributed by atoms with Crippen LogP contribution in [0.15, 0.2) is 12.2 Å². The second kappa shape index (κ2) is 8.91. The molecule has 2 aliphatic rings. The Morgan fingerprint density at radius 2 is 1.55 bits per heavy atom. The summed E-state index contributed by atoms with van der Waals surface area (Å²) < 4.78 is 125. The van der Waals surface area contributed by atoms with Gasteiger partial charge in [-0.15, -0.1) is 0 Å². The van der Waals surface area contributed by atoms with Crippen molar-refractivity contribution in [1.82, 2.24) is 0 Å². The van der Waals surface area contributed by atoms with Gasteiger partial charge in [0.2, 0.25) is 0 Å². The highest BCUT2D eigenvalue weighted by Crippen LogP contribution is 2.45. The highest BCUT2D eigenvalue weighted by molar-refractivity contribution is 8.09. The molecule has 14 heteroatoms. The van der Waals surface area contributed by atoms with Crippen LogP contribution in [-0.4, -0.2) is 44.5 Å². The SMILES string of the molecule is CCC(CC(S(=O)(=O)C(F)(F)F)S(=O)(=O)C(F)(F)F)OC(=O)CCC1CC2C=CC1C2. The summed E-state index contributed by atoms with van der Waals surface area (Å²) in [4.78, 5) is 12.1. The van der Waals surface area contributed by atoms with Gasteiger partial charge in [-0.25, -0.2) is 16.8 Å². The van der Waals surface area contributed by atoms with Crippen molar-refractivity contribution in [2.45, 2.75) is 67.2 Å². The zero-order chi connectivity index (χ0) is 23.8. The number of hydrogen-bond acceptors (Lipinski definition) is 6. The predicted octanol–water partition coefficient (Wildman–Crippen LogP) is 3.89. The van der Waals surface area contributed by atoms with Gasteiger partial charge in [0.25, 0.3) is 19.7 Å². The molecule has 0 spiro atoms. The monoisotopic (exact) mass is 500 g/mol. The summed E-state index contributed by atoms with van der Waals surface area (Å²) >= 11 is 0. The van der Waals surface area contributed by atoms with Gasteiger partial charge in [0.05, 0.1) is 0 Å². The van der Waals surface area contributed by atoms with Crippen molar-refractivity contribution in [1.29, 1.82) is 0 Å². The first-order valence-electron chi connectivity index (χ1n) is 9.48. The molecule has 180 valence electrons. The van der Waals surface area contributed by atoms with E-state index in [0.717, 1.165) is 12.8 Å². The molecule has 0 heterocycles. The molecule has 2 bridgehead atoms. The molecule has 0 saturated heterocycles. The van der Waals surface area contributed by atoms with Gasteiger partial charge in [-0.05, 0) is 43.4 Å². The molecule has 0 amide bonds. The molecule has 0 radical (unpaired) electrons. The molecule has 2 rings (SSSR count). The van der Waals surface area contributed by atoms with E-state index in [2.05, 4.69) is 6.08 Å². The Hall–Kier alpha value is -1.31. The van der Waals surface area contributed by atoms with Crippen molar-refractivity contribution in [2.24, 2.45) is 17.8 Å². The zero-order valence-electron chi connectivity index (χ0n) is 16.3. The third-order valence-electron chi connectivity index (χ3n) is 5.68. The fourth-order valence-corrected chi connectivity index (χ4v) is 7.53. The minimum atomic E-state index is -6.76. The van der Waals surface area contributed by atoms with Gasteiger partial charge >= 0.3 is 17.0 Å². The third kappa shape index (κ3) is 5.55. The average molecular weight is 500 g/mol. The number of allylic oxidation sites excluding steroid dienone is 2. The summed E-state index contributed by atoms with van der Waals surface area (Å²) in [5, 5.41) is 0. The van der Waals surface area contributed by atoms with Crippen LogP contribution in [0.2, 0.25) is 0 Å². The Labute approximate surface area is 175 Å². The number of ether oxygens (including phenoxy) is 1. The van der Waals surface area contributed by atoms with E-state index in [9.17, 15) is 48.0 Å². The Balaban J connectivity index is 2.12. The third-order valence-corrected chi connectivity index (χ3v) is 10.3. The van der Waals surface area contributed by atoms with E-state index in [-0.39, 0.29) is 18.8 Å². The molecule has 4 atom stereocenters. The van der Waals surface area contributed by atoms with Gasteiger partial charge in [0.1, 0.15) is 6.10 Å². The lowest BCUT2D eigenvalue weighted by atomic mass is 9.89. The summed E-state index contributed by atoms with van der Waals surface area (Å²) in [6, 6.07) is 0. The molecule has 0 aromatic carbocycles. The van der Waals surface area contributed by atoms with Crippen LogP contribution in [0.1, 0.15) is 45.4 Å². The molecule has 1 saturated carbocycles. The van der Waals surface area contributed by atoms with Gasteiger partial charge in [-0.3, -0.25) is 4.79 Å². The van der Waals surface area contributed by atoms with Crippen LogP contribution in [0.4, 0.5) is 26.3 Å². The van der Waals surface area contributed by atoms with E-state index in [1.807, 2.05) is 6.08 Å². The summed E-state index contributed by atoms with van der Waals surface area (Å²) in [7, 11) is -13.5. The second-order valence-corrected chi connectivity index (χ2v) is 12.3. The molecule has 0 N–H and O–H groups in total. The maximum Gasteiger partial charge on any atom is 0.498 e. The minimum absolute atomic E-state index is 0.166. The number of halogens is 6. The topological polar surface area (TPSA) is 94.6 Å². The van der Waals surface area contributed by atoms with Crippen LogP contribution >= 0.6 is 0 Å². The molecule has 1 fully saturated rings. The van der Waals surface area contributed by atoms with E-state index in [0.29, 0.717) is 18.3 Å². The Morgan fingerprint density at radius 1 is 1.00 bits per heavy atom. The number of hydrogen-bond donors (Lipinski definition) is 0. The number of carbonyl (C=O) groups is 1. The Morgan fingerprint density at radius 3 is 1.94 bits per heavy atom. The summed E-state index contributed by atoms with van der Waals surface area (Å²) in [5.74, 6) is -0.00826. The highest BCUT2D eigenvalue weighted by atomic mass is 32.3. The number of fused-ring (bicyclic) bond motifs is 2. The standard InChI is InChI=1S/C17H22F6O6S2/c1-2-13(29-14(24)6-5-12-8-10-3-4-11(12)7-10)9-15(30(25,26)16(18,19)20)31(27,28)17(21,22)23/h3-4,10-13,15H,2,5-9H2,1H3. The lowest BCUT2D eigenvalue weighted by molar-refractivity contribution is -0.149. The van der Waals surface area contributed by atoms with E-state index >= 15 is 0 Å². The quantitative estimate of drug-likeness (QED) is 0.271. The van der Waals surface area contributed by atoms with Crippen LogP contribution in [-0.2, 0) is 29.2 Å². The predicted molar refractivity (Wildman–Crippen MR) is 96.6 cm³/mol. The summed E-state index contributed by atoms with van der Waals surface area (Å²) in [6.45, 7) is 1.22. The van der Waals surface area contributed by atoms with Crippen molar-refractivity contribution in [3.8, 4) is 0 Å². The van der Waals surface area contributed by atoms with E-state index < -0.39 is 53.8 Å². The lowest BCUT2D eigenvalue weighted by Crippen LogP contribution is -2.46. The van der Waals surface area contributed by atoms with Crippen LogP contribution in [0.5, 0.6) is 0 Å². The first-order valence-corrected chi connectivity index (χ1v) is 12.6. The Kier molecular flexibility index (Phi) is 7.46. The molecule has 0 aliphatic heterocycles. The minimum Gasteiger partial charge on any atom is -0.462 e. The molecule has 2 aliphatic carbocycles. The van der Waals surface area contributed by atoms with Gasteiger partial charge in [0, 0.05) is 12.8 Å². The van der Waals surface area contributed by atoms with Gasteiger partial charge in [-0.1, -0.05) is 19.1 Å². The lowest BCUT2D eigenvalue weighted by Gasteiger charge is -2.25. The number of alkyl halides is 6. The zero-order valence-corrected chi connectivity index (χ0v) is 18.0. The van der Waals surface area contributed by atoms with Crippen molar-refractivity contribution < 1.29 is 52.7 Å². The molecule has 6 nitrogen and oxygen atoms in total. The molecule has 0 aromatic rings. The first-order chi connectivity index (χ1) is 14.0. The van der Waals surface area contributed by atoms with Gasteiger partial charge < -0.3 is 4.74 Å². The number of sulfone groups is 2. The Bertz CT molecular complexity index is 862. The number of carbonyl (C=O) groups excluding carboxylic acids is 1. The fraction of sp³-hybridized carbons (Fsp3) is 0.824. The van der Waals surface area contributed by atoms with Gasteiger partial charge in [-0.2, -0.15) is 26.3 Å². The average Bonchev–Trinajstić information content (AvgIpc) is 3.24.